The van der Waals surface area contributed by atoms with Gasteiger partial charge in [0.25, 0.3) is 0 Å². The Balaban J connectivity index is 1.71. The van der Waals surface area contributed by atoms with Crippen LogP contribution in [0.4, 0.5) is 5.69 Å². The molecule has 114 valence electrons. The summed E-state index contributed by atoms with van der Waals surface area (Å²) >= 11 is 5.81. The third-order valence-electron chi connectivity index (χ3n) is 3.34. The van der Waals surface area contributed by atoms with Crippen molar-refractivity contribution in [1.82, 2.24) is 0 Å². The summed E-state index contributed by atoms with van der Waals surface area (Å²) in [6.07, 6.45) is 1.90. The number of carbonyl (C=O) groups excluding carboxylic acids is 1. The van der Waals surface area contributed by atoms with Crippen LogP contribution in [0, 0.1) is 0 Å². The minimum Gasteiger partial charge on any atom is -0.326 e. The average Bonchev–Trinajstić information content (AvgIpc) is 2.77. The van der Waals surface area contributed by atoms with Crippen molar-refractivity contribution in [2.75, 3.05) is 5.32 Å². The van der Waals surface area contributed by atoms with E-state index in [1.165, 1.54) is 5.41 Å². The predicted octanol–water partition coefficient (Wildman–Crippen LogP) is 4.62. The summed E-state index contributed by atoms with van der Waals surface area (Å²) in [6, 6.07) is 12.2. The van der Waals surface area contributed by atoms with Gasteiger partial charge < -0.3 is 5.32 Å². The molecule has 6 heteroatoms. The van der Waals surface area contributed by atoms with Crippen LogP contribution < -0.4 is 5.32 Å². The SMILES string of the molecule is O=C(Cc1ccc(Cl)cc1)Nc1ccc2c(c1)S(O)(O)C=C2. The van der Waals surface area contributed by atoms with E-state index < -0.39 is 10.6 Å². The fraction of sp³-hybridized carbons (Fsp3) is 0.0625. The Morgan fingerprint density at radius 1 is 1.14 bits per heavy atom. The largest absolute Gasteiger partial charge is 0.326 e. The van der Waals surface area contributed by atoms with Gasteiger partial charge in [-0.1, -0.05) is 29.8 Å². The molecule has 0 aromatic heterocycles. The van der Waals surface area contributed by atoms with Gasteiger partial charge in [0.15, 0.2) is 0 Å². The maximum atomic E-state index is 12.1. The fourth-order valence-electron chi connectivity index (χ4n) is 2.24. The summed E-state index contributed by atoms with van der Waals surface area (Å²) < 4.78 is 19.8. The van der Waals surface area contributed by atoms with Gasteiger partial charge >= 0.3 is 0 Å². The number of fused-ring (bicyclic) bond motifs is 1. The van der Waals surface area contributed by atoms with Crippen LogP contribution in [-0.2, 0) is 11.2 Å². The molecule has 0 aliphatic carbocycles. The Bertz CT molecular complexity index is 756. The van der Waals surface area contributed by atoms with Gasteiger partial charge in [-0.2, -0.15) is 0 Å². The molecular formula is C16H14ClNO3S. The molecule has 0 fully saturated rings. The van der Waals surface area contributed by atoms with E-state index in [-0.39, 0.29) is 12.3 Å². The van der Waals surface area contributed by atoms with E-state index in [0.29, 0.717) is 15.6 Å². The Kier molecular flexibility index (Phi) is 3.97. The minimum absolute atomic E-state index is 0.176. The zero-order chi connectivity index (χ0) is 15.7. The normalized spacial score (nSPS) is 16.1. The van der Waals surface area contributed by atoms with E-state index in [0.717, 1.165) is 11.1 Å². The van der Waals surface area contributed by atoms with Crippen molar-refractivity contribution >= 4 is 39.9 Å². The molecule has 0 atom stereocenters. The van der Waals surface area contributed by atoms with E-state index in [1.807, 2.05) is 0 Å². The van der Waals surface area contributed by atoms with Gasteiger partial charge in [-0.15, -0.1) is 10.6 Å². The van der Waals surface area contributed by atoms with Crippen LogP contribution in [0.1, 0.15) is 11.1 Å². The lowest BCUT2D eigenvalue weighted by atomic mass is 10.1. The summed E-state index contributed by atoms with van der Waals surface area (Å²) in [5.41, 5.74) is 2.16. The Hall–Kier alpha value is -1.79. The highest BCUT2D eigenvalue weighted by molar-refractivity contribution is 8.27. The lowest BCUT2D eigenvalue weighted by Crippen LogP contribution is -2.14. The van der Waals surface area contributed by atoms with Gasteiger partial charge in [-0.3, -0.25) is 13.9 Å². The van der Waals surface area contributed by atoms with Crippen molar-refractivity contribution in [3.63, 3.8) is 0 Å². The second kappa shape index (κ2) is 5.78. The second-order valence-corrected chi connectivity index (χ2v) is 7.33. The molecule has 0 bridgehead atoms. The van der Waals surface area contributed by atoms with Crippen LogP contribution in [-0.4, -0.2) is 15.0 Å². The number of halogens is 1. The van der Waals surface area contributed by atoms with Crippen molar-refractivity contribution in [3.8, 4) is 0 Å². The lowest BCUT2D eigenvalue weighted by molar-refractivity contribution is -0.115. The number of carbonyl (C=O) groups is 1. The molecule has 1 heterocycles. The molecule has 3 rings (SSSR count). The standard InChI is InChI=1S/C16H14ClNO3S/c17-13-4-1-11(2-5-13)9-16(19)18-14-6-3-12-7-8-22(20,21)15(12)10-14/h1-8,10,20-21H,9H2,(H,18,19). The number of hydrogen-bond donors (Lipinski definition) is 3. The first-order chi connectivity index (χ1) is 10.4. The van der Waals surface area contributed by atoms with Crippen LogP contribution >= 0.6 is 22.2 Å². The lowest BCUT2D eigenvalue weighted by Gasteiger charge is -2.25. The van der Waals surface area contributed by atoms with Crippen LogP contribution in [0.2, 0.25) is 5.02 Å². The van der Waals surface area contributed by atoms with Crippen LogP contribution in [0.3, 0.4) is 0 Å². The summed E-state index contributed by atoms with van der Waals surface area (Å²) in [5, 5.41) is 4.78. The van der Waals surface area contributed by atoms with Gasteiger partial charge in [0.05, 0.1) is 11.3 Å². The first kappa shape index (κ1) is 15.1. The summed E-state index contributed by atoms with van der Waals surface area (Å²) in [5.74, 6) is -0.176. The quantitative estimate of drug-likeness (QED) is 0.766. The van der Waals surface area contributed by atoms with Gasteiger partial charge in [-0.25, -0.2) is 0 Å². The topological polar surface area (TPSA) is 69.6 Å². The van der Waals surface area contributed by atoms with E-state index in [9.17, 15) is 13.9 Å². The van der Waals surface area contributed by atoms with Crippen molar-refractivity contribution < 1.29 is 13.9 Å². The van der Waals surface area contributed by atoms with E-state index in [4.69, 9.17) is 11.6 Å². The van der Waals surface area contributed by atoms with E-state index >= 15 is 0 Å². The zero-order valence-electron chi connectivity index (χ0n) is 11.5. The molecule has 2 aromatic rings. The summed E-state index contributed by atoms with van der Waals surface area (Å²) in [4.78, 5) is 12.5. The third-order valence-corrected chi connectivity index (χ3v) is 5.10. The van der Waals surface area contributed by atoms with Crippen molar-refractivity contribution in [3.05, 3.63) is 64.0 Å². The zero-order valence-corrected chi connectivity index (χ0v) is 13.1. The summed E-state index contributed by atoms with van der Waals surface area (Å²) in [6.45, 7) is 0. The number of anilines is 1. The monoisotopic (exact) mass is 335 g/mol. The minimum atomic E-state index is -2.87. The number of nitrogens with one attached hydrogen (secondary N) is 1. The first-order valence-corrected chi connectivity index (χ1v) is 8.57. The van der Waals surface area contributed by atoms with Crippen molar-refractivity contribution in [2.45, 2.75) is 11.3 Å². The Labute approximate surface area is 134 Å². The van der Waals surface area contributed by atoms with Gasteiger partial charge in [0.2, 0.25) is 5.91 Å². The number of benzene rings is 2. The Morgan fingerprint density at radius 3 is 2.59 bits per heavy atom. The average molecular weight is 336 g/mol. The highest BCUT2D eigenvalue weighted by Crippen LogP contribution is 2.56. The second-order valence-electron chi connectivity index (χ2n) is 5.00. The van der Waals surface area contributed by atoms with Crippen LogP contribution in [0.25, 0.3) is 6.08 Å². The van der Waals surface area contributed by atoms with Gasteiger partial charge in [-0.05, 0) is 41.5 Å². The number of amides is 1. The highest BCUT2D eigenvalue weighted by Gasteiger charge is 2.21. The van der Waals surface area contributed by atoms with Gasteiger partial charge in [0, 0.05) is 16.1 Å². The van der Waals surface area contributed by atoms with E-state index in [1.54, 1.807) is 48.5 Å². The maximum absolute atomic E-state index is 12.1. The molecule has 2 aromatic carbocycles. The molecule has 0 unspecified atom stereocenters. The smallest absolute Gasteiger partial charge is 0.228 e. The molecule has 4 nitrogen and oxygen atoms in total. The highest BCUT2D eigenvalue weighted by atomic mass is 35.5. The molecule has 1 aliphatic rings. The molecule has 0 saturated carbocycles. The van der Waals surface area contributed by atoms with Crippen LogP contribution in [0.15, 0.2) is 52.8 Å². The fourth-order valence-corrected chi connectivity index (χ4v) is 3.64. The number of rotatable bonds is 3. The van der Waals surface area contributed by atoms with E-state index in [2.05, 4.69) is 5.32 Å². The number of hydrogen-bond acceptors (Lipinski definition) is 3. The van der Waals surface area contributed by atoms with Crippen LogP contribution in [0.5, 0.6) is 0 Å². The Morgan fingerprint density at radius 2 is 1.86 bits per heavy atom. The molecule has 1 aliphatic heterocycles. The first-order valence-electron chi connectivity index (χ1n) is 6.59. The molecule has 1 amide bonds. The third kappa shape index (κ3) is 3.18. The van der Waals surface area contributed by atoms with Gasteiger partial charge in [0.1, 0.15) is 0 Å². The molecule has 0 spiro atoms. The van der Waals surface area contributed by atoms with Crippen molar-refractivity contribution in [2.24, 2.45) is 0 Å². The molecule has 0 saturated heterocycles. The van der Waals surface area contributed by atoms with Crippen molar-refractivity contribution in [1.29, 1.82) is 0 Å². The molecule has 0 radical (unpaired) electrons. The molecule has 22 heavy (non-hydrogen) atoms. The molecular weight excluding hydrogens is 322 g/mol. The summed E-state index contributed by atoms with van der Waals surface area (Å²) in [7, 11) is -2.87. The molecule has 3 N–H and O–H groups in total. The maximum Gasteiger partial charge on any atom is 0.228 e. The predicted molar refractivity (Wildman–Crippen MR) is 90.4 cm³/mol.